The van der Waals surface area contributed by atoms with Gasteiger partial charge in [-0.05, 0) is 46.5 Å². The largest absolute Gasteiger partial charge is 0.444 e. The van der Waals surface area contributed by atoms with Crippen molar-refractivity contribution in [1.29, 1.82) is 0 Å². The molecule has 0 bridgehead atoms. The summed E-state index contributed by atoms with van der Waals surface area (Å²) >= 11 is 0. The molecule has 1 N–H and O–H groups in total. The molecule has 146 valence electrons. The van der Waals surface area contributed by atoms with Gasteiger partial charge in [0.15, 0.2) is 0 Å². The van der Waals surface area contributed by atoms with Crippen LogP contribution < -0.4 is 5.32 Å². The lowest BCUT2D eigenvalue weighted by atomic mass is 9.96. The van der Waals surface area contributed by atoms with E-state index < -0.39 is 5.60 Å². The van der Waals surface area contributed by atoms with E-state index in [4.69, 9.17) is 9.47 Å². The fourth-order valence-corrected chi connectivity index (χ4v) is 3.34. The Labute approximate surface area is 154 Å². The topological polar surface area (TPSA) is 88.2 Å². The molecule has 1 aliphatic carbocycles. The molecule has 2 aliphatic heterocycles. The second-order valence-corrected chi connectivity index (χ2v) is 8.38. The van der Waals surface area contributed by atoms with Crippen LogP contribution in [0.15, 0.2) is 0 Å². The van der Waals surface area contributed by atoms with Gasteiger partial charge in [0.25, 0.3) is 0 Å². The van der Waals surface area contributed by atoms with Crippen LogP contribution in [0.4, 0.5) is 9.59 Å². The van der Waals surface area contributed by atoms with E-state index in [0.717, 1.165) is 12.8 Å². The molecule has 8 heteroatoms. The summed E-state index contributed by atoms with van der Waals surface area (Å²) < 4.78 is 10.7. The Morgan fingerprint density at radius 1 is 1.19 bits per heavy atom. The maximum atomic E-state index is 12.4. The molecular formula is C18H29N3O5. The van der Waals surface area contributed by atoms with E-state index in [0.29, 0.717) is 45.1 Å². The fourth-order valence-electron chi connectivity index (χ4n) is 3.34. The lowest BCUT2D eigenvalue weighted by Crippen LogP contribution is -2.46. The highest BCUT2D eigenvalue weighted by atomic mass is 16.6. The number of nitrogens with zero attached hydrogens (tertiary/aromatic N) is 2. The van der Waals surface area contributed by atoms with Gasteiger partial charge in [0.2, 0.25) is 5.91 Å². The number of rotatable bonds is 4. The molecule has 0 aromatic rings. The molecule has 1 saturated carbocycles. The summed E-state index contributed by atoms with van der Waals surface area (Å²) in [6, 6.07) is 0.334. The number of ether oxygens (including phenoxy) is 2. The van der Waals surface area contributed by atoms with Crippen LogP contribution in [0.3, 0.4) is 0 Å². The molecule has 26 heavy (non-hydrogen) atoms. The first-order valence-electron chi connectivity index (χ1n) is 9.46. The third-order valence-electron chi connectivity index (χ3n) is 4.91. The van der Waals surface area contributed by atoms with Crippen molar-refractivity contribution in [2.24, 2.45) is 5.92 Å². The second-order valence-electron chi connectivity index (χ2n) is 8.38. The molecule has 0 radical (unpaired) electrons. The zero-order valence-electron chi connectivity index (χ0n) is 15.8. The average molecular weight is 367 g/mol. The van der Waals surface area contributed by atoms with Crippen molar-refractivity contribution in [3.05, 3.63) is 0 Å². The van der Waals surface area contributed by atoms with Crippen LogP contribution in [0.25, 0.3) is 0 Å². The van der Waals surface area contributed by atoms with Crippen molar-refractivity contribution in [2.45, 2.75) is 64.2 Å². The average Bonchev–Trinajstić information content (AvgIpc) is 3.34. The summed E-state index contributed by atoms with van der Waals surface area (Å²) in [7, 11) is 0. The first-order valence-corrected chi connectivity index (χ1v) is 9.46. The van der Waals surface area contributed by atoms with Crippen LogP contribution in [0.1, 0.15) is 46.5 Å². The van der Waals surface area contributed by atoms with Crippen molar-refractivity contribution in [1.82, 2.24) is 15.1 Å². The lowest BCUT2D eigenvalue weighted by Gasteiger charge is -2.33. The van der Waals surface area contributed by atoms with Gasteiger partial charge in [-0.2, -0.15) is 0 Å². The summed E-state index contributed by atoms with van der Waals surface area (Å²) in [5, 5.41) is 2.90. The van der Waals surface area contributed by atoms with Crippen LogP contribution in [-0.4, -0.2) is 71.8 Å². The first kappa shape index (κ1) is 18.8. The van der Waals surface area contributed by atoms with Gasteiger partial charge in [0.1, 0.15) is 11.7 Å². The van der Waals surface area contributed by atoms with Crippen molar-refractivity contribution in [2.75, 3.05) is 26.2 Å². The number of carbonyl (C=O) groups excluding carboxylic acids is 3. The van der Waals surface area contributed by atoms with Crippen LogP contribution in [0.5, 0.6) is 0 Å². The minimum atomic E-state index is -0.516. The number of likely N-dealkylation sites (tertiary alicyclic amines) is 1. The van der Waals surface area contributed by atoms with Gasteiger partial charge >= 0.3 is 12.2 Å². The van der Waals surface area contributed by atoms with Gasteiger partial charge < -0.3 is 24.6 Å². The van der Waals surface area contributed by atoms with Gasteiger partial charge in [-0.15, -0.1) is 0 Å². The number of cyclic esters (lactones) is 1. The summed E-state index contributed by atoms with van der Waals surface area (Å²) in [5.41, 5.74) is -0.516. The molecule has 3 rings (SSSR count). The molecule has 8 nitrogen and oxygen atoms in total. The smallest absolute Gasteiger partial charge is 0.410 e. The number of hydrogen-bond acceptors (Lipinski definition) is 5. The van der Waals surface area contributed by atoms with E-state index in [1.54, 1.807) is 9.80 Å². The Morgan fingerprint density at radius 3 is 2.42 bits per heavy atom. The molecule has 0 aromatic carbocycles. The Kier molecular flexibility index (Phi) is 5.29. The minimum absolute atomic E-state index is 0.0326. The zero-order chi connectivity index (χ0) is 18.9. The fraction of sp³-hybridized carbons (Fsp3) is 0.833. The Bertz CT molecular complexity index is 562. The van der Waals surface area contributed by atoms with Gasteiger partial charge in [-0.25, -0.2) is 9.59 Å². The van der Waals surface area contributed by atoms with E-state index in [2.05, 4.69) is 5.32 Å². The molecule has 0 aromatic heterocycles. The molecule has 1 atom stereocenters. The predicted octanol–water partition coefficient (Wildman–Crippen LogP) is 1.73. The molecule has 3 amide bonds. The standard InChI is InChI=1S/C18H29N3O5/c1-18(2,3)26-16(23)20-8-6-12(7-9-20)15(22)19-10-14-11-21(13-4-5-13)17(24)25-14/h12-14H,4-11H2,1-3H3,(H,19,22). The summed E-state index contributed by atoms with van der Waals surface area (Å²) in [5.74, 6) is -0.153. The third-order valence-corrected chi connectivity index (χ3v) is 4.91. The minimum Gasteiger partial charge on any atom is -0.444 e. The van der Waals surface area contributed by atoms with Crippen LogP contribution in [0.2, 0.25) is 0 Å². The van der Waals surface area contributed by atoms with Crippen LogP contribution >= 0.6 is 0 Å². The monoisotopic (exact) mass is 367 g/mol. The second kappa shape index (κ2) is 7.32. The first-order chi connectivity index (χ1) is 12.2. The predicted molar refractivity (Wildman–Crippen MR) is 93.5 cm³/mol. The number of hydrogen-bond donors (Lipinski definition) is 1. The SMILES string of the molecule is CC(C)(C)OC(=O)N1CCC(C(=O)NCC2CN(C3CC3)C(=O)O2)CC1. The highest BCUT2D eigenvalue weighted by Crippen LogP contribution is 2.30. The van der Waals surface area contributed by atoms with E-state index in [1.165, 1.54) is 0 Å². The Morgan fingerprint density at radius 2 is 1.85 bits per heavy atom. The zero-order valence-corrected chi connectivity index (χ0v) is 15.8. The van der Waals surface area contributed by atoms with Crippen molar-refractivity contribution in [3.63, 3.8) is 0 Å². The lowest BCUT2D eigenvalue weighted by molar-refractivity contribution is -0.126. The van der Waals surface area contributed by atoms with Gasteiger partial charge in [-0.1, -0.05) is 0 Å². The van der Waals surface area contributed by atoms with E-state index >= 15 is 0 Å². The summed E-state index contributed by atoms with van der Waals surface area (Å²) in [4.78, 5) is 39.6. The molecule has 2 saturated heterocycles. The van der Waals surface area contributed by atoms with Crippen LogP contribution in [-0.2, 0) is 14.3 Å². The van der Waals surface area contributed by atoms with Crippen LogP contribution in [0, 0.1) is 5.92 Å². The molecule has 3 aliphatic rings. The van der Waals surface area contributed by atoms with Crippen molar-refractivity contribution >= 4 is 18.1 Å². The Hall–Kier alpha value is -1.99. The maximum absolute atomic E-state index is 12.4. The van der Waals surface area contributed by atoms with E-state index in [9.17, 15) is 14.4 Å². The molecular weight excluding hydrogens is 338 g/mol. The molecule has 3 fully saturated rings. The quantitative estimate of drug-likeness (QED) is 0.818. The number of carbonyl (C=O) groups is 3. The van der Waals surface area contributed by atoms with Gasteiger partial charge in [0.05, 0.1) is 13.1 Å². The van der Waals surface area contributed by atoms with Gasteiger partial charge in [-0.3, -0.25) is 4.79 Å². The van der Waals surface area contributed by atoms with Gasteiger partial charge in [0, 0.05) is 25.0 Å². The van der Waals surface area contributed by atoms with E-state index in [-0.39, 0.29) is 30.1 Å². The molecule has 1 unspecified atom stereocenters. The summed E-state index contributed by atoms with van der Waals surface area (Å²) in [6.45, 7) is 7.45. The van der Waals surface area contributed by atoms with E-state index in [1.807, 2.05) is 20.8 Å². The summed E-state index contributed by atoms with van der Waals surface area (Å²) in [6.07, 6.45) is 2.46. The Balaban J connectivity index is 1.37. The molecule has 0 spiro atoms. The number of nitrogens with one attached hydrogen (secondary N) is 1. The number of piperidine rings is 1. The maximum Gasteiger partial charge on any atom is 0.410 e. The van der Waals surface area contributed by atoms with Crippen molar-refractivity contribution in [3.8, 4) is 0 Å². The third kappa shape index (κ3) is 4.80. The highest BCUT2D eigenvalue weighted by molar-refractivity contribution is 5.79. The normalized spacial score (nSPS) is 24.4. The highest BCUT2D eigenvalue weighted by Gasteiger charge is 2.41. The van der Waals surface area contributed by atoms with Crippen molar-refractivity contribution < 1.29 is 23.9 Å². The molecule has 2 heterocycles. The number of amides is 3.